The molecular weight excluding hydrogens is 498 g/mol. The predicted octanol–water partition coefficient (Wildman–Crippen LogP) is 4.72. The van der Waals surface area contributed by atoms with E-state index in [2.05, 4.69) is 10.3 Å². The molecule has 2 atom stereocenters. The highest BCUT2D eigenvalue weighted by atomic mass is 32.2. The third kappa shape index (κ3) is 4.85. The molecule has 1 fully saturated rings. The number of morpholine rings is 1. The first-order valence-electron chi connectivity index (χ1n) is 11.5. The Bertz CT molecular complexity index is 1490. The number of aromatic nitrogens is 1. The maximum atomic E-state index is 13.1. The molecule has 10 heteroatoms. The first kappa shape index (κ1) is 24.4. The molecule has 36 heavy (non-hydrogen) atoms. The summed E-state index contributed by atoms with van der Waals surface area (Å²) in [5, 5.41) is 13.9. The van der Waals surface area contributed by atoms with Crippen LogP contribution in [-0.4, -0.2) is 54.0 Å². The van der Waals surface area contributed by atoms with Crippen LogP contribution in [0.3, 0.4) is 0 Å². The van der Waals surface area contributed by atoms with Crippen LogP contribution in [0, 0.1) is 0 Å². The lowest BCUT2D eigenvalue weighted by molar-refractivity contribution is -0.0440. The van der Waals surface area contributed by atoms with Crippen LogP contribution in [0.4, 0.5) is 5.69 Å². The van der Waals surface area contributed by atoms with Crippen LogP contribution in [0.15, 0.2) is 71.6 Å². The molecule has 0 bridgehead atoms. The molecule has 1 amide bonds. The Labute approximate surface area is 213 Å². The number of rotatable bonds is 5. The Hall–Kier alpha value is -3.31. The second-order valence-electron chi connectivity index (χ2n) is 8.78. The lowest BCUT2D eigenvalue weighted by Gasteiger charge is -2.34. The van der Waals surface area contributed by atoms with E-state index in [1.165, 1.54) is 46.0 Å². The van der Waals surface area contributed by atoms with E-state index in [-0.39, 0.29) is 35.9 Å². The van der Waals surface area contributed by atoms with E-state index in [0.717, 1.165) is 10.2 Å². The van der Waals surface area contributed by atoms with E-state index in [1.54, 1.807) is 12.1 Å². The third-order valence-electron chi connectivity index (χ3n) is 5.92. The summed E-state index contributed by atoms with van der Waals surface area (Å²) in [5.41, 5.74) is 2.15. The quantitative estimate of drug-likeness (QED) is 0.367. The number of amides is 1. The van der Waals surface area contributed by atoms with Crippen molar-refractivity contribution in [1.29, 1.82) is 0 Å². The number of aromatic hydroxyl groups is 1. The summed E-state index contributed by atoms with van der Waals surface area (Å²) in [7, 11) is -3.69. The molecule has 0 spiro atoms. The number of nitrogens with one attached hydrogen (secondary N) is 1. The van der Waals surface area contributed by atoms with Crippen molar-refractivity contribution < 1.29 is 23.1 Å². The van der Waals surface area contributed by atoms with Crippen molar-refractivity contribution in [3.63, 3.8) is 0 Å². The molecule has 2 heterocycles. The highest BCUT2D eigenvalue weighted by Gasteiger charge is 2.32. The molecule has 0 radical (unpaired) electrons. The predicted molar refractivity (Wildman–Crippen MR) is 140 cm³/mol. The first-order valence-corrected chi connectivity index (χ1v) is 13.7. The molecule has 0 aliphatic carbocycles. The molecule has 4 aromatic rings. The normalized spacial score (nSPS) is 18.8. The molecule has 186 valence electrons. The largest absolute Gasteiger partial charge is 0.507 e. The van der Waals surface area contributed by atoms with Gasteiger partial charge in [0.2, 0.25) is 10.0 Å². The van der Waals surface area contributed by atoms with Gasteiger partial charge in [-0.3, -0.25) is 4.79 Å². The van der Waals surface area contributed by atoms with Crippen LogP contribution in [-0.2, 0) is 14.8 Å². The van der Waals surface area contributed by atoms with Gasteiger partial charge < -0.3 is 15.2 Å². The molecule has 0 saturated carbocycles. The second kappa shape index (κ2) is 9.62. The summed E-state index contributed by atoms with van der Waals surface area (Å²) in [5.74, 6) is -0.332. The molecule has 1 aliphatic rings. The number of para-hydroxylation sites is 1. The maximum Gasteiger partial charge on any atom is 0.255 e. The van der Waals surface area contributed by atoms with Crippen LogP contribution in [0.2, 0.25) is 0 Å². The fraction of sp³-hybridized carbons (Fsp3) is 0.231. The molecule has 1 aromatic heterocycles. The zero-order valence-electron chi connectivity index (χ0n) is 19.7. The fourth-order valence-electron chi connectivity index (χ4n) is 4.23. The Morgan fingerprint density at radius 3 is 2.44 bits per heavy atom. The number of ether oxygens (including phenoxy) is 1. The summed E-state index contributed by atoms with van der Waals surface area (Å²) in [6.45, 7) is 4.26. The van der Waals surface area contributed by atoms with Crippen LogP contribution in [0.1, 0.15) is 24.2 Å². The lowest BCUT2D eigenvalue weighted by atomic mass is 10.1. The SMILES string of the molecule is CC1CN(S(=O)(=O)c2ccc(C(=O)Nc3ccc(O)c(-c4nc5ccccc5s4)c3)cc2)CC(C)O1. The van der Waals surface area contributed by atoms with Crippen molar-refractivity contribution in [3.8, 4) is 16.3 Å². The van der Waals surface area contributed by atoms with Gasteiger partial charge in [-0.1, -0.05) is 12.1 Å². The molecule has 2 N–H and O–H groups in total. The van der Waals surface area contributed by atoms with Crippen LogP contribution in [0.25, 0.3) is 20.8 Å². The number of nitrogens with zero attached hydrogens (tertiary/aromatic N) is 2. The minimum absolute atomic E-state index is 0.0633. The molecular formula is C26H25N3O5S2. The number of carbonyl (C=O) groups is 1. The number of hydrogen-bond donors (Lipinski definition) is 2. The van der Waals surface area contributed by atoms with Gasteiger partial charge in [0, 0.05) is 24.3 Å². The highest BCUT2D eigenvalue weighted by Crippen LogP contribution is 2.36. The van der Waals surface area contributed by atoms with Crippen molar-refractivity contribution >= 4 is 43.2 Å². The number of sulfonamides is 1. The smallest absolute Gasteiger partial charge is 0.255 e. The van der Waals surface area contributed by atoms with E-state index >= 15 is 0 Å². The maximum absolute atomic E-state index is 13.1. The molecule has 3 aromatic carbocycles. The summed E-state index contributed by atoms with van der Waals surface area (Å²) >= 11 is 1.45. The third-order valence-corrected chi connectivity index (χ3v) is 8.83. The molecule has 1 saturated heterocycles. The highest BCUT2D eigenvalue weighted by molar-refractivity contribution is 7.89. The average molecular weight is 524 g/mol. The lowest BCUT2D eigenvalue weighted by Crippen LogP contribution is -2.48. The van der Waals surface area contributed by atoms with Crippen molar-refractivity contribution in [3.05, 3.63) is 72.3 Å². The average Bonchev–Trinajstić information content (AvgIpc) is 3.29. The molecule has 8 nitrogen and oxygen atoms in total. The van der Waals surface area contributed by atoms with Crippen molar-refractivity contribution in [2.75, 3.05) is 18.4 Å². The number of carbonyl (C=O) groups excluding carboxylic acids is 1. The van der Waals surface area contributed by atoms with Crippen molar-refractivity contribution in [1.82, 2.24) is 9.29 Å². The van der Waals surface area contributed by atoms with Crippen LogP contribution < -0.4 is 5.32 Å². The summed E-state index contributed by atoms with van der Waals surface area (Å²) < 4.78 is 34.2. The fourth-order valence-corrected chi connectivity index (χ4v) is 6.81. The number of hydrogen-bond acceptors (Lipinski definition) is 7. The summed E-state index contributed by atoms with van der Waals surface area (Å²) in [6, 6.07) is 18.3. The molecule has 5 rings (SSSR count). The monoisotopic (exact) mass is 523 g/mol. The van der Waals surface area contributed by atoms with Gasteiger partial charge in [-0.05, 0) is 68.4 Å². The number of anilines is 1. The standard InChI is InChI=1S/C26H25N3O5S2/c1-16-14-29(15-17(2)34-16)36(32,33)20-10-7-18(8-11-20)25(31)27-19-9-12-23(30)21(13-19)26-28-22-5-3-4-6-24(22)35-26/h3-13,16-17,30H,14-15H2,1-2H3,(H,27,31). The second-order valence-corrected chi connectivity index (χ2v) is 11.7. The zero-order valence-corrected chi connectivity index (χ0v) is 21.3. The van der Waals surface area contributed by atoms with E-state index in [0.29, 0.717) is 21.8 Å². The minimum Gasteiger partial charge on any atom is -0.507 e. The Morgan fingerprint density at radius 2 is 1.75 bits per heavy atom. The van der Waals surface area contributed by atoms with Gasteiger partial charge in [0.05, 0.1) is 32.9 Å². The van der Waals surface area contributed by atoms with E-state index < -0.39 is 15.9 Å². The van der Waals surface area contributed by atoms with E-state index in [4.69, 9.17) is 4.74 Å². The van der Waals surface area contributed by atoms with Crippen LogP contribution >= 0.6 is 11.3 Å². The van der Waals surface area contributed by atoms with Crippen molar-refractivity contribution in [2.24, 2.45) is 0 Å². The van der Waals surface area contributed by atoms with Gasteiger partial charge in [0.1, 0.15) is 10.8 Å². The van der Waals surface area contributed by atoms with Crippen molar-refractivity contribution in [2.45, 2.75) is 31.0 Å². The van der Waals surface area contributed by atoms with Gasteiger partial charge in [-0.25, -0.2) is 13.4 Å². The summed E-state index contributed by atoms with van der Waals surface area (Å²) in [6.07, 6.45) is -0.377. The van der Waals surface area contributed by atoms with E-state index in [9.17, 15) is 18.3 Å². The van der Waals surface area contributed by atoms with Gasteiger partial charge >= 0.3 is 0 Å². The van der Waals surface area contributed by atoms with Gasteiger partial charge in [-0.15, -0.1) is 11.3 Å². The minimum atomic E-state index is -3.69. The Morgan fingerprint density at radius 1 is 1.06 bits per heavy atom. The Kier molecular flexibility index (Phi) is 6.52. The zero-order chi connectivity index (χ0) is 25.4. The van der Waals surface area contributed by atoms with Gasteiger partial charge in [-0.2, -0.15) is 4.31 Å². The number of benzene rings is 3. The van der Waals surface area contributed by atoms with Gasteiger partial charge in [0.25, 0.3) is 5.91 Å². The number of thiazole rings is 1. The molecule has 2 unspecified atom stereocenters. The van der Waals surface area contributed by atoms with Crippen LogP contribution in [0.5, 0.6) is 5.75 Å². The van der Waals surface area contributed by atoms with E-state index in [1.807, 2.05) is 38.1 Å². The number of phenolic OH excluding ortho intramolecular Hbond substituents is 1. The first-order chi connectivity index (χ1) is 17.2. The Balaban J connectivity index is 1.34. The van der Waals surface area contributed by atoms with Gasteiger partial charge in [0.15, 0.2) is 0 Å². The molecule has 1 aliphatic heterocycles. The summed E-state index contributed by atoms with van der Waals surface area (Å²) in [4.78, 5) is 17.6. The number of fused-ring (bicyclic) bond motifs is 1. The number of phenols is 1. The topological polar surface area (TPSA) is 109 Å².